The Hall–Kier alpha value is -0.500. The second kappa shape index (κ2) is 6.78. The number of sulfonamides is 1. The molecule has 1 aromatic carbocycles. The van der Waals surface area contributed by atoms with Crippen molar-refractivity contribution in [2.24, 2.45) is 0 Å². The molecule has 0 spiro atoms. The Balaban J connectivity index is 3.21. The van der Waals surface area contributed by atoms with Gasteiger partial charge in [-0.05, 0) is 25.1 Å². The highest BCUT2D eigenvalue weighted by Crippen LogP contribution is 2.25. The third kappa shape index (κ3) is 3.98. The minimum atomic E-state index is -3.78. The molecule has 7 heteroatoms. The summed E-state index contributed by atoms with van der Waals surface area (Å²) in [6, 6.07) is 2.88. The third-order valence-electron chi connectivity index (χ3n) is 2.58. The van der Waals surface area contributed by atoms with Gasteiger partial charge in [-0.25, -0.2) is 17.1 Å². The van der Waals surface area contributed by atoms with Crippen LogP contribution in [0, 0.1) is 5.82 Å². The van der Waals surface area contributed by atoms with Gasteiger partial charge in [0.15, 0.2) is 0 Å². The standard InChI is InChI=1S/C12H18BrFN2O2S/c1-4-5-15-8-9-6-10(13)7-11(12(9)14)19(17,18)16(2)3/h6-7,15H,4-5,8H2,1-3H3. The van der Waals surface area contributed by atoms with Crippen molar-refractivity contribution in [3.8, 4) is 0 Å². The van der Waals surface area contributed by atoms with Crippen LogP contribution < -0.4 is 5.32 Å². The molecule has 0 saturated heterocycles. The van der Waals surface area contributed by atoms with Crippen LogP contribution in [0.3, 0.4) is 0 Å². The van der Waals surface area contributed by atoms with Crippen molar-refractivity contribution < 1.29 is 12.8 Å². The van der Waals surface area contributed by atoms with Crippen molar-refractivity contribution in [1.29, 1.82) is 0 Å². The van der Waals surface area contributed by atoms with E-state index in [1.807, 2.05) is 6.92 Å². The first-order valence-corrected chi connectivity index (χ1v) is 8.15. The molecule has 108 valence electrons. The molecule has 0 heterocycles. The van der Waals surface area contributed by atoms with E-state index in [1.54, 1.807) is 6.07 Å². The maximum Gasteiger partial charge on any atom is 0.245 e. The average molecular weight is 353 g/mol. The molecular weight excluding hydrogens is 335 g/mol. The molecule has 0 aliphatic rings. The SMILES string of the molecule is CCCNCc1cc(Br)cc(S(=O)(=O)N(C)C)c1F. The Bertz CT molecular complexity index is 547. The summed E-state index contributed by atoms with van der Waals surface area (Å²) >= 11 is 3.22. The lowest BCUT2D eigenvalue weighted by Gasteiger charge is -2.15. The van der Waals surface area contributed by atoms with Crippen LogP contribution in [0.15, 0.2) is 21.5 Å². The Morgan fingerprint density at radius 2 is 2.00 bits per heavy atom. The van der Waals surface area contributed by atoms with Gasteiger partial charge >= 0.3 is 0 Å². The minimum absolute atomic E-state index is 0.301. The third-order valence-corrected chi connectivity index (χ3v) is 4.85. The van der Waals surface area contributed by atoms with Crippen molar-refractivity contribution in [2.75, 3.05) is 20.6 Å². The van der Waals surface area contributed by atoms with Gasteiger partial charge in [0.1, 0.15) is 10.7 Å². The topological polar surface area (TPSA) is 49.4 Å². The monoisotopic (exact) mass is 352 g/mol. The summed E-state index contributed by atoms with van der Waals surface area (Å²) in [5.74, 6) is -0.694. The van der Waals surface area contributed by atoms with E-state index in [2.05, 4.69) is 21.2 Å². The van der Waals surface area contributed by atoms with E-state index in [-0.39, 0.29) is 4.90 Å². The molecule has 0 aromatic heterocycles. The fraction of sp³-hybridized carbons (Fsp3) is 0.500. The number of rotatable bonds is 6. The molecule has 1 aromatic rings. The molecule has 0 aliphatic heterocycles. The molecule has 0 radical (unpaired) electrons. The molecule has 0 unspecified atom stereocenters. The van der Waals surface area contributed by atoms with Crippen LogP contribution in [0.5, 0.6) is 0 Å². The van der Waals surface area contributed by atoms with Crippen LogP contribution in [-0.2, 0) is 16.6 Å². The number of hydrogen-bond donors (Lipinski definition) is 1. The van der Waals surface area contributed by atoms with Crippen LogP contribution in [-0.4, -0.2) is 33.4 Å². The van der Waals surface area contributed by atoms with Gasteiger partial charge in [0.2, 0.25) is 10.0 Å². The van der Waals surface area contributed by atoms with E-state index in [1.165, 1.54) is 20.2 Å². The molecular formula is C12H18BrFN2O2S. The first kappa shape index (κ1) is 16.6. The van der Waals surface area contributed by atoms with Crippen LogP contribution in [0.25, 0.3) is 0 Å². The fourth-order valence-corrected chi connectivity index (χ4v) is 3.21. The van der Waals surface area contributed by atoms with Crippen molar-refractivity contribution >= 4 is 26.0 Å². The number of benzene rings is 1. The van der Waals surface area contributed by atoms with Gasteiger partial charge in [-0.15, -0.1) is 0 Å². The summed E-state index contributed by atoms with van der Waals surface area (Å²) in [4.78, 5) is -0.305. The Morgan fingerprint density at radius 1 is 1.37 bits per heavy atom. The van der Waals surface area contributed by atoms with Gasteiger partial charge in [0.05, 0.1) is 0 Å². The van der Waals surface area contributed by atoms with Crippen LogP contribution in [0.4, 0.5) is 4.39 Å². The summed E-state index contributed by atoms with van der Waals surface area (Å²) < 4.78 is 39.9. The maximum absolute atomic E-state index is 14.3. The molecule has 4 nitrogen and oxygen atoms in total. The number of nitrogens with zero attached hydrogens (tertiary/aromatic N) is 1. The van der Waals surface area contributed by atoms with Crippen LogP contribution >= 0.6 is 15.9 Å². The normalized spacial score (nSPS) is 12.1. The second-order valence-electron chi connectivity index (χ2n) is 4.34. The molecule has 0 atom stereocenters. The number of nitrogens with one attached hydrogen (secondary N) is 1. The Morgan fingerprint density at radius 3 is 2.53 bits per heavy atom. The highest BCUT2D eigenvalue weighted by Gasteiger charge is 2.24. The summed E-state index contributed by atoms with van der Waals surface area (Å²) in [6.45, 7) is 3.06. The minimum Gasteiger partial charge on any atom is -0.313 e. The number of hydrogen-bond acceptors (Lipinski definition) is 3. The van der Waals surface area contributed by atoms with E-state index >= 15 is 0 Å². The van der Waals surface area contributed by atoms with Crippen molar-refractivity contribution in [3.63, 3.8) is 0 Å². The van der Waals surface area contributed by atoms with Crippen molar-refractivity contribution in [1.82, 2.24) is 9.62 Å². The predicted molar refractivity (Wildman–Crippen MR) is 77.0 cm³/mol. The lowest BCUT2D eigenvalue weighted by Crippen LogP contribution is -2.24. The van der Waals surface area contributed by atoms with Gasteiger partial charge in [-0.2, -0.15) is 0 Å². The van der Waals surface area contributed by atoms with E-state index in [0.717, 1.165) is 17.3 Å². The average Bonchev–Trinajstić information content (AvgIpc) is 2.33. The number of halogens is 2. The van der Waals surface area contributed by atoms with E-state index in [4.69, 9.17) is 0 Å². The van der Waals surface area contributed by atoms with Crippen molar-refractivity contribution in [3.05, 3.63) is 28.0 Å². The molecule has 19 heavy (non-hydrogen) atoms. The molecule has 0 bridgehead atoms. The second-order valence-corrected chi connectivity index (χ2v) is 7.38. The van der Waals surface area contributed by atoms with Crippen LogP contribution in [0.2, 0.25) is 0 Å². The van der Waals surface area contributed by atoms with Gasteiger partial charge in [0.25, 0.3) is 0 Å². The van der Waals surface area contributed by atoms with E-state index in [0.29, 0.717) is 16.6 Å². The van der Waals surface area contributed by atoms with E-state index in [9.17, 15) is 12.8 Å². The first-order chi connectivity index (χ1) is 8.80. The molecule has 1 N–H and O–H groups in total. The molecule has 0 amide bonds. The summed E-state index contributed by atoms with van der Waals surface area (Å²) in [7, 11) is -1.02. The summed E-state index contributed by atoms with van der Waals surface area (Å²) in [5, 5.41) is 3.06. The predicted octanol–water partition coefficient (Wildman–Crippen LogP) is 2.34. The van der Waals surface area contributed by atoms with Crippen molar-refractivity contribution in [2.45, 2.75) is 24.8 Å². The fourth-order valence-electron chi connectivity index (χ4n) is 1.53. The smallest absolute Gasteiger partial charge is 0.245 e. The zero-order chi connectivity index (χ0) is 14.6. The summed E-state index contributed by atoms with van der Waals surface area (Å²) in [6.07, 6.45) is 0.929. The Kier molecular flexibility index (Phi) is 5.91. The van der Waals surface area contributed by atoms with E-state index < -0.39 is 15.8 Å². The van der Waals surface area contributed by atoms with Gasteiger partial charge in [0, 0.05) is 30.7 Å². The molecule has 1 rings (SSSR count). The van der Waals surface area contributed by atoms with Gasteiger partial charge in [-0.1, -0.05) is 22.9 Å². The Labute approximate surface area is 122 Å². The first-order valence-electron chi connectivity index (χ1n) is 5.91. The molecule has 0 aliphatic carbocycles. The van der Waals surface area contributed by atoms with Gasteiger partial charge in [-0.3, -0.25) is 0 Å². The highest BCUT2D eigenvalue weighted by atomic mass is 79.9. The molecule has 0 fully saturated rings. The largest absolute Gasteiger partial charge is 0.313 e. The summed E-state index contributed by atoms with van der Waals surface area (Å²) in [5.41, 5.74) is 0.336. The highest BCUT2D eigenvalue weighted by molar-refractivity contribution is 9.10. The lowest BCUT2D eigenvalue weighted by atomic mass is 10.2. The molecule has 0 saturated carbocycles. The zero-order valence-electron chi connectivity index (χ0n) is 11.2. The quantitative estimate of drug-likeness (QED) is 0.799. The zero-order valence-corrected chi connectivity index (χ0v) is 13.6. The maximum atomic E-state index is 14.3. The van der Waals surface area contributed by atoms with Gasteiger partial charge < -0.3 is 5.32 Å². The van der Waals surface area contributed by atoms with Crippen LogP contribution in [0.1, 0.15) is 18.9 Å². The lowest BCUT2D eigenvalue weighted by molar-refractivity contribution is 0.502.